The molecule has 6 nitrogen and oxygen atoms in total. The number of hydrogen-bond acceptors (Lipinski definition) is 5. The first kappa shape index (κ1) is 16.0. The van der Waals surface area contributed by atoms with E-state index in [1.165, 1.54) is 12.3 Å². The average Bonchev–Trinajstić information content (AvgIpc) is 2.98. The molecule has 1 atom stereocenters. The Hall–Kier alpha value is -1.37. The molecule has 0 unspecified atom stereocenters. The fraction of sp³-hybridized carbons (Fsp3) is 0.462. The predicted octanol–water partition coefficient (Wildman–Crippen LogP) is 1.84. The third-order valence-electron chi connectivity index (χ3n) is 2.92. The number of pyridine rings is 1. The SMILES string of the molecule is O=C(COC(=O)c1cnc(Cl)c(Cl)c1)NC[C@@H]1CCCO1. The Morgan fingerprint density at radius 3 is 2.95 bits per heavy atom. The van der Waals surface area contributed by atoms with Gasteiger partial charge in [0, 0.05) is 19.3 Å². The Morgan fingerprint density at radius 1 is 1.48 bits per heavy atom. The minimum atomic E-state index is -0.687. The van der Waals surface area contributed by atoms with Gasteiger partial charge in [-0.05, 0) is 18.9 Å². The van der Waals surface area contributed by atoms with Crippen molar-refractivity contribution >= 4 is 35.1 Å². The zero-order chi connectivity index (χ0) is 15.2. The lowest BCUT2D eigenvalue weighted by Crippen LogP contribution is -2.34. The van der Waals surface area contributed by atoms with Crippen molar-refractivity contribution < 1.29 is 19.1 Å². The van der Waals surface area contributed by atoms with Crippen LogP contribution in [0, 0.1) is 0 Å². The van der Waals surface area contributed by atoms with E-state index in [1.807, 2.05) is 0 Å². The van der Waals surface area contributed by atoms with Crippen LogP contribution in [0.15, 0.2) is 12.3 Å². The molecule has 1 N–H and O–H groups in total. The summed E-state index contributed by atoms with van der Waals surface area (Å²) < 4.78 is 10.2. The van der Waals surface area contributed by atoms with Crippen molar-refractivity contribution in [2.24, 2.45) is 0 Å². The molecule has 0 saturated carbocycles. The van der Waals surface area contributed by atoms with Crippen molar-refractivity contribution in [2.45, 2.75) is 18.9 Å². The molecular formula is C13H14Cl2N2O4. The second-order valence-corrected chi connectivity index (χ2v) is 5.28. The van der Waals surface area contributed by atoms with Crippen LogP contribution in [0.2, 0.25) is 10.2 Å². The van der Waals surface area contributed by atoms with Crippen LogP contribution in [0.5, 0.6) is 0 Å². The lowest BCUT2D eigenvalue weighted by atomic mass is 10.2. The molecule has 0 aromatic carbocycles. The quantitative estimate of drug-likeness (QED) is 0.657. The van der Waals surface area contributed by atoms with E-state index >= 15 is 0 Å². The normalized spacial score (nSPS) is 17.5. The highest BCUT2D eigenvalue weighted by Crippen LogP contribution is 2.20. The van der Waals surface area contributed by atoms with Crippen LogP contribution in [0.1, 0.15) is 23.2 Å². The Morgan fingerprint density at radius 2 is 2.29 bits per heavy atom. The van der Waals surface area contributed by atoms with E-state index in [0.29, 0.717) is 6.54 Å². The first-order chi connectivity index (χ1) is 10.1. The summed E-state index contributed by atoms with van der Waals surface area (Å²) in [6.07, 6.45) is 3.21. The van der Waals surface area contributed by atoms with Crippen LogP contribution in [-0.2, 0) is 14.3 Å². The van der Waals surface area contributed by atoms with Gasteiger partial charge in [-0.3, -0.25) is 4.79 Å². The van der Waals surface area contributed by atoms with E-state index in [1.54, 1.807) is 0 Å². The second kappa shape index (κ2) is 7.59. The van der Waals surface area contributed by atoms with Crippen LogP contribution in [0.25, 0.3) is 0 Å². The fourth-order valence-electron chi connectivity index (χ4n) is 1.83. The molecule has 1 amide bonds. The van der Waals surface area contributed by atoms with Gasteiger partial charge in [-0.2, -0.15) is 0 Å². The summed E-state index contributed by atoms with van der Waals surface area (Å²) in [6.45, 7) is 0.774. The maximum absolute atomic E-state index is 11.7. The molecule has 0 spiro atoms. The Balaban J connectivity index is 1.74. The van der Waals surface area contributed by atoms with Gasteiger partial charge in [-0.25, -0.2) is 9.78 Å². The molecule has 0 bridgehead atoms. The van der Waals surface area contributed by atoms with Crippen LogP contribution in [0.3, 0.4) is 0 Å². The van der Waals surface area contributed by atoms with E-state index in [-0.39, 0.29) is 34.4 Å². The largest absolute Gasteiger partial charge is 0.452 e. The predicted molar refractivity (Wildman–Crippen MR) is 76.5 cm³/mol. The summed E-state index contributed by atoms with van der Waals surface area (Å²) >= 11 is 11.4. The highest BCUT2D eigenvalue weighted by molar-refractivity contribution is 6.41. The number of hydrogen-bond donors (Lipinski definition) is 1. The molecule has 8 heteroatoms. The Bertz CT molecular complexity index is 533. The molecule has 0 radical (unpaired) electrons. The molecule has 1 aliphatic heterocycles. The van der Waals surface area contributed by atoms with Crippen LogP contribution in [0.4, 0.5) is 0 Å². The molecule has 2 heterocycles. The first-order valence-corrected chi connectivity index (χ1v) is 7.18. The van der Waals surface area contributed by atoms with E-state index < -0.39 is 5.97 Å². The Kier molecular flexibility index (Phi) is 5.78. The van der Waals surface area contributed by atoms with Crippen LogP contribution in [-0.4, -0.2) is 42.7 Å². The van der Waals surface area contributed by atoms with Gasteiger partial charge in [-0.1, -0.05) is 23.2 Å². The number of nitrogens with zero attached hydrogens (tertiary/aromatic N) is 1. The number of ether oxygens (including phenoxy) is 2. The fourth-order valence-corrected chi connectivity index (χ4v) is 2.10. The maximum Gasteiger partial charge on any atom is 0.340 e. The van der Waals surface area contributed by atoms with E-state index in [2.05, 4.69) is 10.3 Å². The summed E-state index contributed by atoms with van der Waals surface area (Å²) in [5.74, 6) is -1.07. The van der Waals surface area contributed by atoms with Crippen molar-refractivity contribution in [3.8, 4) is 0 Å². The molecular weight excluding hydrogens is 319 g/mol. The first-order valence-electron chi connectivity index (χ1n) is 6.42. The van der Waals surface area contributed by atoms with Gasteiger partial charge in [0.25, 0.3) is 5.91 Å². The van der Waals surface area contributed by atoms with Gasteiger partial charge in [-0.15, -0.1) is 0 Å². The highest BCUT2D eigenvalue weighted by atomic mass is 35.5. The van der Waals surface area contributed by atoms with Crippen molar-refractivity contribution in [3.05, 3.63) is 28.0 Å². The highest BCUT2D eigenvalue weighted by Gasteiger charge is 2.17. The van der Waals surface area contributed by atoms with Gasteiger partial charge in [0.2, 0.25) is 0 Å². The number of carbonyl (C=O) groups is 2. The molecule has 114 valence electrons. The van der Waals surface area contributed by atoms with Crippen LogP contribution >= 0.6 is 23.2 Å². The van der Waals surface area contributed by atoms with E-state index in [9.17, 15) is 9.59 Å². The molecule has 21 heavy (non-hydrogen) atoms. The molecule has 1 aromatic heterocycles. The maximum atomic E-state index is 11.7. The van der Waals surface area contributed by atoms with Crippen molar-refractivity contribution in [2.75, 3.05) is 19.8 Å². The minimum absolute atomic E-state index is 0.0453. The standard InChI is InChI=1S/C13H14Cl2N2O4/c14-10-4-8(5-17-12(10)15)13(19)21-7-11(18)16-6-9-2-1-3-20-9/h4-5,9H,1-3,6-7H2,(H,16,18)/t9-/m0/s1. The number of esters is 1. The average molecular weight is 333 g/mol. The van der Waals surface area contributed by atoms with Gasteiger partial charge in [0.05, 0.1) is 16.7 Å². The van der Waals surface area contributed by atoms with Crippen molar-refractivity contribution in [1.29, 1.82) is 0 Å². The number of nitrogens with one attached hydrogen (secondary N) is 1. The zero-order valence-electron chi connectivity index (χ0n) is 11.1. The summed E-state index contributed by atoms with van der Waals surface area (Å²) in [4.78, 5) is 27.0. The minimum Gasteiger partial charge on any atom is -0.452 e. The summed E-state index contributed by atoms with van der Waals surface area (Å²) in [6, 6.07) is 1.34. The number of amides is 1. The molecule has 1 saturated heterocycles. The monoisotopic (exact) mass is 332 g/mol. The van der Waals surface area contributed by atoms with Gasteiger partial charge in [0.15, 0.2) is 6.61 Å². The topological polar surface area (TPSA) is 77.5 Å². The van der Waals surface area contributed by atoms with Crippen molar-refractivity contribution in [3.63, 3.8) is 0 Å². The van der Waals surface area contributed by atoms with Gasteiger partial charge in [0.1, 0.15) is 5.15 Å². The number of aromatic nitrogens is 1. The number of carbonyl (C=O) groups excluding carboxylic acids is 2. The molecule has 2 rings (SSSR count). The molecule has 0 aliphatic carbocycles. The summed E-state index contributed by atoms with van der Waals surface area (Å²) in [5.41, 5.74) is 0.135. The zero-order valence-corrected chi connectivity index (χ0v) is 12.6. The summed E-state index contributed by atoms with van der Waals surface area (Å²) in [7, 11) is 0. The second-order valence-electron chi connectivity index (χ2n) is 4.51. The lowest BCUT2D eigenvalue weighted by molar-refractivity contribution is -0.124. The van der Waals surface area contributed by atoms with Crippen LogP contribution < -0.4 is 5.32 Å². The lowest BCUT2D eigenvalue weighted by Gasteiger charge is -2.11. The van der Waals surface area contributed by atoms with Gasteiger partial charge >= 0.3 is 5.97 Å². The number of halogens is 2. The van der Waals surface area contributed by atoms with Crippen molar-refractivity contribution in [1.82, 2.24) is 10.3 Å². The Labute approximate surface area is 131 Å². The van der Waals surface area contributed by atoms with E-state index in [0.717, 1.165) is 19.4 Å². The van der Waals surface area contributed by atoms with E-state index in [4.69, 9.17) is 32.7 Å². The van der Waals surface area contributed by atoms with Gasteiger partial charge < -0.3 is 14.8 Å². The number of rotatable bonds is 5. The molecule has 1 aromatic rings. The summed E-state index contributed by atoms with van der Waals surface area (Å²) in [5, 5.41) is 2.89. The molecule has 1 fully saturated rings. The smallest absolute Gasteiger partial charge is 0.340 e. The molecule has 1 aliphatic rings. The third-order valence-corrected chi connectivity index (χ3v) is 3.60. The third kappa shape index (κ3) is 4.84.